The number of hydrogen-bond donors (Lipinski definition) is 0. The first-order valence-corrected chi connectivity index (χ1v) is 13.4. The Morgan fingerprint density at radius 2 is 1.56 bits per heavy atom. The number of hydrogen-bond acceptors (Lipinski definition) is 7. The molecule has 3 unspecified atom stereocenters. The number of halogens is 2. The number of carbonyl (C=O) groups is 3. The Labute approximate surface area is 242 Å². The molecule has 0 spiro atoms. The summed E-state index contributed by atoms with van der Waals surface area (Å²) in [6.07, 6.45) is -1.04. The molecular weight excluding hydrogens is 595 g/mol. The number of esters is 1. The van der Waals surface area contributed by atoms with Crippen LogP contribution in [0.4, 0.5) is 15.8 Å². The van der Waals surface area contributed by atoms with Crippen molar-refractivity contribution >= 4 is 45.1 Å². The molecule has 4 aromatic carbocycles. The van der Waals surface area contributed by atoms with Gasteiger partial charge in [-0.15, -0.1) is 0 Å². The molecule has 2 heterocycles. The summed E-state index contributed by atoms with van der Waals surface area (Å²) < 4.78 is 25.2. The van der Waals surface area contributed by atoms with Crippen LogP contribution in [0.5, 0.6) is 11.5 Å². The predicted molar refractivity (Wildman–Crippen MR) is 151 cm³/mol. The third-order valence-corrected chi connectivity index (χ3v) is 7.55. The minimum atomic E-state index is -1.04. The van der Waals surface area contributed by atoms with E-state index in [1.165, 1.54) is 31.4 Å². The lowest BCUT2D eigenvalue weighted by molar-refractivity contribution is -0.126. The molecule has 0 saturated carbocycles. The number of imide groups is 1. The third-order valence-electron chi connectivity index (χ3n) is 7.02. The number of fused-ring (bicyclic) bond motifs is 1. The molecule has 41 heavy (non-hydrogen) atoms. The molecule has 4 aromatic rings. The summed E-state index contributed by atoms with van der Waals surface area (Å²) in [7, 11) is 1.43. The number of benzene rings is 4. The lowest BCUT2D eigenvalue weighted by atomic mass is 9.90. The van der Waals surface area contributed by atoms with Gasteiger partial charge in [0.1, 0.15) is 11.7 Å². The molecular formula is C31H22BrFN2O6. The Morgan fingerprint density at radius 3 is 2.24 bits per heavy atom. The maximum absolute atomic E-state index is 13.9. The molecule has 0 aliphatic carbocycles. The van der Waals surface area contributed by atoms with E-state index < -0.39 is 41.7 Å². The van der Waals surface area contributed by atoms with Crippen LogP contribution in [0.2, 0.25) is 0 Å². The number of anilines is 2. The summed E-state index contributed by atoms with van der Waals surface area (Å²) in [5.74, 6) is -2.49. The zero-order valence-corrected chi connectivity index (χ0v) is 23.2. The highest BCUT2D eigenvalue weighted by molar-refractivity contribution is 9.10. The number of nitrogens with zero attached hydrogens (tertiary/aromatic N) is 2. The van der Waals surface area contributed by atoms with Crippen LogP contribution in [0.3, 0.4) is 0 Å². The maximum Gasteiger partial charge on any atom is 0.343 e. The smallest absolute Gasteiger partial charge is 0.343 e. The summed E-state index contributed by atoms with van der Waals surface area (Å²) in [6, 6.07) is 25.3. The fourth-order valence-corrected chi connectivity index (χ4v) is 5.36. The summed E-state index contributed by atoms with van der Waals surface area (Å²) in [4.78, 5) is 47.4. The molecule has 0 aromatic heterocycles. The van der Waals surface area contributed by atoms with Crippen molar-refractivity contribution in [2.75, 3.05) is 17.1 Å². The predicted octanol–water partition coefficient (Wildman–Crippen LogP) is 5.87. The summed E-state index contributed by atoms with van der Waals surface area (Å²) >= 11 is 3.38. The molecule has 0 bridgehead atoms. The van der Waals surface area contributed by atoms with Crippen LogP contribution in [-0.2, 0) is 14.4 Å². The second kappa shape index (κ2) is 10.8. The summed E-state index contributed by atoms with van der Waals surface area (Å²) in [5, 5.41) is 1.57. The normalized spacial score (nSPS) is 19.8. The van der Waals surface area contributed by atoms with Crippen molar-refractivity contribution in [1.29, 1.82) is 0 Å². The quantitative estimate of drug-likeness (QED) is 0.152. The van der Waals surface area contributed by atoms with Crippen LogP contribution >= 0.6 is 15.9 Å². The standard InChI is InChI=1S/C31H22BrFN2O6/c1-39-25-17-19(9-16-24(25)40-31(38)18-7-12-21(33)13-8-18)27-26-28(41-35(27)23-5-3-2-4-6-23)30(37)34(29(26)36)22-14-10-20(32)11-15-22/h2-17,26-28H,1H3. The van der Waals surface area contributed by atoms with Crippen molar-refractivity contribution in [2.24, 2.45) is 5.92 Å². The molecule has 6 rings (SSSR count). The van der Waals surface area contributed by atoms with Crippen LogP contribution in [0.15, 0.2) is 102 Å². The maximum atomic E-state index is 13.9. The highest BCUT2D eigenvalue weighted by Crippen LogP contribution is 2.48. The highest BCUT2D eigenvalue weighted by atomic mass is 79.9. The van der Waals surface area contributed by atoms with E-state index >= 15 is 0 Å². The van der Waals surface area contributed by atoms with Crippen LogP contribution in [-0.4, -0.2) is 31.0 Å². The molecule has 2 amide bonds. The van der Waals surface area contributed by atoms with Crippen molar-refractivity contribution < 1.29 is 33.1 Å². The number of methoxy groups -OCH3 is 1. The van der Waals surface area contributed by atoms with E-state index in [1.54, 1.807) is 47.5 Å². The van der Waals surface area contributed by atoms with Crippen molar-refractivity contribution in [3.8, 4) is 11.5 Å². The average molecular weight is 617 g/mol. The number of carbonyl (C=O) groups excluding carboxylic acids is 3. The number of hydroxylamine groups is 1. The third kappa shape index (κ3) is 4.85. The minimum absolute atomic E-state index is 0.137. The van der Waals surface area contributed by atoms with Crippen molar-refractivity contribution in [2.45, 2.75) is 12.1 Å². The van der Waals surface area contributed by atoms with Gasteiger partial charge in [0.05, 0.1) is 30.1 Å². The summed E-state index contributed by atoms with van der Waals surface area (Å²) in [6.45, 7) is 0. The van der Waals surface area contributed by atoms with Crippen molar-refractivity contribution in [3.05, 3.63) is 118 Å². The average Bonchev–Trinajstić information content (AvgIpc) is 3.50. The first-order valence-electron chi connectivity index (χ1n) is 12.7. The monoisotopic (exact) mass is 616 g/mol. The zero-order valence-electron chi connectivity index (χ0n) is 21.6. The first kappa shape index (κ1) is 26.7. The van der Waals surface area contributed by atoms with Gasteiger partial charge in [0.15, 0.2) is 17.6 Å². The highest BCUT2D eigenvalue weighted by Gasteiger charge is 2.60. The molecule has 2 saturated heterocycles. The number of amides is 2. The van der Waals surface area contributed by atoms with E-state index in [1.807, 2.05) is 30.3 Å². The Balaban J connectivity index is 1.36. The van der Waals surface area contributed by atoms with E-state index in [0.29, 0.717) is 16.9 Å². The van der Waals surface area contributed by atoms with Gasteiger partial charge in [-0.3, -0.25) is 14.4 Å². The van der Waals surface area contributed by atoms with Gasteiger partial charge in [-0.25, -0.2) is 19.1 Å². The number of ether oxygens (including phenoxy) is 2. The van der Waals surface area contributed by atoms with E-state index in [0.717, 1.165) is 9.37 Å². The number of para-hydroxylation sites is 1. The number of rotatable bonds is 6. The Kier molecular flexibility index (Phi) is 7.02. The van der Waals surface area contributed by atoms with Crippen LogP contribution in [0, 0.1) is 11.7 Å². The lowest BCUT2D eigenvalue weighted by Crippen LogP contribution is -2.37. The Hall–Kier alpha value is -4.54. The Morgan fingerprint density at radius 1 is 0.854 bits per heavy atom. The lowest BCUT2D eigenvalue weighted by Gasteiger charge is -2.29. The second-order valence-corrected chi connectivity index (χ2v) is 10.4. The SMILES string of the molecule is COc1cc(C2C3C(=O)N(c4ccc(Br)cc4)C(=O)C3ON2c2ccccc2)ccc1OC(=O)c1ccc(F)cc1. The molecule has 3 atom stereocenters. The van der Waals surface area contributed by atoms with Gasteiger partial charge in [-0.1, -0.05) is 40.2 Å². The fourth-order valence-electron chi connectivity index (χ4n) is 5.09. The van der Waals surface area contributed by atoms with E-state index in [-0.39, 0.29) is 17.1 Å². The molecule has 0 radical (unpaired) electrons. The van der Waals surface area contributed by atoms with Crippen molar-refractivity contribution in [1.82, 2.24) is 0 Å². The van der Waals surface area contributed by atoms with Gasteiger partial charge in [0, 0.05) is 4.47 Å². The van der Waals surface area contributed by atoms with Crippen molar-refractivity contribution in [3.63, 3.8) is 0 Å². The van der Waals surface area contributed by atoms with Crippen LogP contribution in [0.1, 0.15) is 22.0 Å². The molecule has 2 aliphatic heterocycles. The molecule has 0 N–H and O–H groups in total. The van der Waals surface area contributed by atoms with Gasteiger partial charge in [0.2, 0.25) is 5.91 Å². The van der Waals surface area contributed by atoms with Gasteiger partial charge in [-0.2, -0.15) is 0 Å². The largest absolute Gasteiger partial charge is 0.493 e. The topological polar surface area (TPSA) is 85.4 Å². The molecule has 8 nitrogen and oxygen atoms in total. The van der Waals surface area contributed by atoms with Crippen LogP contribution < -0.4 is 19.4 Å². The van der Waals surface area contributed by atoms with Gasteiger partial charge < -0.3 is 9.47 Å². The van der Waals surface area contributed by atoms with Gasteiger partial charge >= 0.3 is 5.97 Å². The van der Waals surface area contributed by atoms with Crippen LogP contribution in [0.25, 0.3) is 0 Å². The van der Waals surface area contributed by atoms with Gasteiger partial charge in [0.25, 0.3) is 5.91 Å². The molecule has 2 fully saturated rings. The second-order valence-electron chi connectivity index (χ2n) is 9.45. The van der Waals surface area contributed by atoms with E-state index in [9.17, 15) is 18.8 Å². The molecule has 10 heteroatoms. The van der Waals surface area contributed by atoms with E-state index in [4.69, 9.17) is 14.3 Å². The fraction of sp³-hybridized carbons (Fsp3) is 0.129. The summed E-state index contributed by atoms with van der Waals surface area (Å²) in [5.41, 5.74) is 1.89. The first-order chi connectivity index (χ1) is 19.9. The van der Waals surface area contributed by atoms with E-state index in [2.05, 4.69) is 15.9 Å². The Bertz CT molecular complexity index is 1630. The molecule has 2 aliphatic rings. The zero-order chi connectivity index (χ0) is 28.7. The molecule has 206 valence electrons. The minimum Gasteiger partial charge on any atom is -0.493 e. The van der Waals surface area contributed by atoms with Gasteiger partial charge in [-0.05, 0) is 78.4 Å².